The van der Waals surface area contributed by atoms with Crippen LogP contribution in [0, 0.1) is 5.82 Å². The van der Waals surface area contributed by atoms with E-state index in [0.717, 1.165) is 13.1 Å². The molecular weight excluding hydrogens is 439 g/mol. The van der Waals surface area contributed by atoms with E-state index in [9.17, 15) is 14.0 Å². The quantitative estimate of drug-likeness (QED) is 0.497. The van der Waals surface area contributed by atoms with Crippen LogP contribution in [0.2, 0.25) is 0 Å². The second kappa shape index (κ2) is 8.67. The molecule has 0 atom stereocenters. The molecule has 4 heterocycles. The fraction of sp³-hybridized carbons (Fsp3) is 0.261. The lowest BCUT2D eigenvalue weighted by molar-refractivity contribution is 0.0660. The number of hydrogen-bond acceptors (Lipinski definition) is 6. The van der Waals surface area contributed by atoms with Crippen molar-refractivity contribution in [2.45, 2.75) is 0 Å². The number of benzene rings is 1. The highest BCUT2D eigenvalue weighted by molar-refractivity contribution is 6.11. The third kappa shape index (κ3) is 4.13. The summed E-state index contributed by atoms with van der Waals surface area (Å²) in [7, 11) is 3.64. The molecule has 3 aromatic heterocycles. The van der Waals surface area contributed by atoms with Gasteiger partial charge in [-0.15, -0.1) is 5.10 Å². The molecule has 11 heteroatoms. The molecule has 0 bridgehead atoms. The monoisotopic (exact) mass is 462 g/mol. The molecule has 1 aliphatic rings. The lowest BCUT2D eigenvalue weighted by atomic mass is 10.2. The molecule has 2 amide bonds. The second-order valence-electron chi connectivity index (χ2n) is 8.24. The molecule has 0 radical (unpaired) electrons. The maximum absolute atomic E-state index is 13.6. The van der Waals surface area contributed by atoms with Crippen LogP contribution in [0.15, 0.2) is 48.8 Å². The van der Waals surface area contributed by atoms with Gasteiger partial charge < -0.3 is 15.1 Å². The van der Waals surface area contributed by atoms with Gasteiger partial charge in [0.25, 0.3) is 11.8 Å². The standard InChI is InChI=1S/C23H23FN8O2/c1-29-8-10-31(11-9-29)23(34)18-14-25-30(2)20(18)22(33)26-17-6-7-32-19(13-17)27-21(28-32)15-4-3-5-16(24)12-15/h3-7,12-14H,8-11H2,1-2H3,(H,26,33). The summed E-state index contributed by atoms with van der Waals surface area (Å²) in [6.07, 6.45) is 3.09. The predicted octanol–water partition coefficient (Wildman–Crippen LogP) is 1.91. The summed E-state index contributed by atoms with van der Waals surface area (Å²) in [6.45, 7) is 2.76. The van der Waals surface area contributed by atoms with E-state index in [-0.39, 0.29) is 23.0 Å². The summed E-state index contributed by atoms with van der Waals surface area (Å²) in [5.74, 6) is -0.664. The topological polar surface area (TPSA) is 101 Å². The Morgan fingerprint density at radius 1 is 1.06 bits per heavy atom. The zero-order valence-corrected chi connectivity index (χ0v) is 18.8. The van der Waals surface area contributed by atoms with Gasteiger partial charge in [-0.05, 0) is 25.2 Å². The minimum absolute atomic E-state index is 0.186. The molecule has 1 aromatic carbocycles. The zero-order valence-electron chi connectivity index (χ0n) is 18.8. The van der Waals surface area contributed by atoms with Crippen LogP contribution in [-0.4, -0.2) is 79.2 Å². The van der Waals surface area contributed by atoms with Crippen molar-refractivity contribution in [3.05, 3.63) is 65.9 Å². The normalized spacial score (nSPS) is 14.5. The largest absolute Gasteiger partial charge is 0.336 e. The maximum Gasteiger partial charge on any atom is 0.274 e. The molecule has 0 unspecified atom stereocenters. The Morgan fingerprint density at radius 3 is 2.62 bits per heavy atom. The summed E-state index contributed by atoms with van der Waals surface area (Å²) in [5, 5.41) is 11.3. The minimum Gasteiger partial charge on any atom is -0.336 e. The number of carbonyl (C=O) groups excluding carboxylic acids is 2. The number of rotatable bonds is 4. The SMILES string of the molecule is CN1CCN(C(=O)c2cnn(C)c2C(=O)Nc2ccn3nc(-c4cccc(F)c4)nc3c2)CC1. The van der Waals surface area contributed by atoms with Crippen molar-refractivity contribution in [3.63, 3.8) is 0 Å². The molecule has 174 valence electrons. The number of aryl methyl sites for hydroxylation is 1. The van der Waals surface area contributed by atoms with Crippen molar-refractivity contribution in [1.82, 2.24) is 34.2 Å². The van der Waals surface area contributed by atoms with E-state index in [2.05, 4.69) is 25.4 Å². The Kier molecular flexibility index (Phi) is 5.54. The molecule has 1 N–H and O–H groups in total. The summed E-state index contributed by atoms with van der Waals surface area (Å²) in [4.78, 5) is 34.5. The molecule has 1 saturated heterocycles. The summed E-state index contributed by atoms with van der Waals surface area (Å²) < 4.78 is 16.5. The minimum atomic E-state index is -0.452. The van der Waals surface area contributed by atoms with Crippen molar-refractivity contribution < 1.29 is 14.0 Å². The van der Waals surface area contributed by atoms with E-state index < -0.39 is 5.91 Å². The maximum atomic E-state index is 13.6. The van der Waals surface area contributed by atoms with Gasteiger partial charge in [-0.3, -0.25) is 14.3 Å². The van der Waals surface area contributed by atoms with Crippen molar-refractivity contribution >= 4 is 23.1 Å². The Morgan fingerprint density at radius 2 is 1.85 bits per heavy atom. The van der Waals surface area contributed by atoms with Crippen molar-refractivity contribution in [1.29, 1.82) is 0 Å². The number of piperazine rings is 1. The number of halogens is 1. The van der Waals surface area contributed by atoms with Gasteiger partial charge in [0.1, 0.15) is 11.5 Å². The number of carbonyl (C=O) groups is 2. The van der Waals surface area contributed by atoms with Gasteiger partial charge in [0.05, 0.1) is 11.8 Å². The number of amides is 2. The van der Waals surface area contributed by atoms with Crippen LogP contribution < -0.4 is 5.32 Å². The average molecular weight is 462 g/mol. The number of hydrogen-bond donors (Lipinski definition) is 1. The molecule has 0 saturated carbocycles. The fourth-order valence-electron chi connectivity index (χ4n) is 3.94. The average Bonchev–Trinajstić information content (AvgIpc) is 3.42. The summed E-state index contributed by atoms with van der Waals surface area (Å²) in [6, 6.07) is 9.37. The highest BCUT2D eigenvalue weighted by atomic mass is 19.1. The molecule has 1 fully saturated rings. The summed E-state index contributed by atoms with van der Waals surface area (Å²) >= 11 is 0. The Balaban J connectivity index is 1.38. The van der Waals surface area contributed by atoms with Crippen LogP contribution in [0.25, 0.3) is 17.0 Å². The van der Waals surface area contributed by atoms with Crippen LogP contribution in [0.5, 0.6) is 0 Å². The van der Waals surface area contributed by atoms with Crippen molar-refractivity contribution in [2.75, 3.05) is 38.5 Å². The number of nitrogens with zero attached hydrogens (tertiary/aromatic N) is 7. The lowest BCUT2D eigenvalue weighted by Crippen LogP contribution is -2.47. The molecular formula is C23H23FN8O2. The number of pyridine rings is 1. The van der Waals surface area contributed by atoms with E-state index >= 15 is 0 Å². The molecule has 5 rings (SSSR count). The van der Waals surface area contributed by atoms with Crippen LogP contribution in [-0.2, 0) is 7.05 Å². The number of likely N-dealkylation sites (N-methyl/N-ethyl adjacent to an activating group) is 1. The van der Waals surface area contributed by atoms with Gasteiger partial charge in [0.2, 0.25) is 0 Å². The Hall–Kier alpha value is -4.12. The molecule has 1 aliphatic heterocycles. The van der Waals surface area contributed by atoms with E-state index in [1.54, 1.807) is 46.9 Å². The van der Waals surface area contributed by atoms with Crippen LogP contribution in [0.4, 0.5) is 10.1 Å². The van der Waals surface area contributed by atoms with Gasteiger partial charge in [0.15, 0.2) is 11.5 Å². The lowest BCUT2D eigenvalue weighted by Gasteiger charge is -2.32. The predicted molar refractivity (Wildman–Crippen MR) is 123 cm³/mol. The first kappa shape index (κ1) is 21.7. The number of fused-ring (bicyclic) bond motifs is 1. The molecule has 4 aromatic rings. The Labute approximate surface area is 194 Å². The van der Waals surface area contributed by atoms with E-state index in [0.29, 0.717) is 35.8 Å². The fourth-order valence-corrected chi connectivity index (χ4v) is 3.94. The molecule has 34 heavy (non-hydrogen) atoms. The third-order valence-corrected chi connectivity index (χ3v) is 5.85. The number of aromatic nitrogens is 5. The number of nitrogens with one attached hydrogen (secondary N) is 1. The smallest absolute Gasteiger partial charge is 0.274 e. The first-order valence-electron chi connectivity index (χ1n) is 10.8. The van der Waals surface area contributed by atoms with Crippen molar-refractivity contribution in [2.24, 2.45) is 7.05 Å². The Bertz CT molecular complexity index is 1390. The van der Waals surface area contributed by atoms with Gasteiger partial charge in [-0.25, -0.2) is 13.9 Å². The molecule has 10 nitrogen and oxygen atoms in total. The van der Waals surface area contributed by atoms with Gasteiger partial charge in [-0.2, -0.15) is 5.10 Å². The van der Waals surface area contributed by atoms with Crippen LogP contribution >= 0.6 is 0 Å². The molecule has 0 aliphatic carbocycles. The number of anilines is 1. The first-order chi connectivity index (χ1) is 16.4. The van der Waals surface area contributed by atoms with Gasteiger partial charge in [-0.1, -0.05) is 12.1 Å². The van der Waals surface area contributed by atoms with Crippen molar-refractivity contribution in [3.8, 4) is 11.4 Å². The van der Waals surface area contributed by atoms with E-state index in [4.69, 9.17) is 0 Å². The molecule has 0 spiro atoms. The summed E-state index contributed by atoms with van der Waals surface area (Å²) in [5.41, 5.74) is 1.97. The van der Waals surface area contributed by atoms with E-state index in [1.165, 1.54) is 23.0 Å². The van der Waals surface area contributed by atoms with Crippen LogP contribution in [0.3, 0.4) is 0 Å². The first-order valence-corrected chi connectivity index (χ1v) is 10.8. The zero-order chi connectivity index (χ0) is 23.8. The highest BCUT2D eigenvalue weighted by Crippen LogP contribution is 2.20. The van der Waals surface area contributed by atoms with Gasteiger partial charge in [0, 0.05) is 56.7 Å². The highest BCUT2D eigenvalue weighted by Gasteiger charge is 2.27. The van der Waals surface area contributed by atoms with E-state index in [1.807, 2.05) is 7.05 Å². The van der Waals surface area contributed by atoms with Crippen LogP contribution in [0.1, 0.15) is 20.8 Å². The van der Waals surface area contributed by atoms with Gasteiger partial charge >= 0.3 is 0 Å². The third-order valence-electron chi connectivity index (χ3n) is 5.85. The second-order valence-corrected chi connectivity index (χ2v) is 8.24.